The molecule has 1 aliphatic carbocycles. The molecule has 5 heteroatoms. The fourth-order valence-electron chi connectivity index (χ4n) is 2.82. The van der Waals surface area contributed by atoms with Crippen LogP contribution in [0.25, 0.3) is 9.40 Å². The quantitative estimate of drug-likeness (QED) is 0.909. The molecule has 1 aliphatic rings. The highest BCUT2D eigenvalue weighted by Crippen LogP contribution is 2.33. The van der Waals surface area contributed by atoms with E-state index in [1.54, 1.807) is 11.3 Å². The number of fused-ring (bicyclic) bond motifs is 1. The zero-order valence-corrected chi connectivity index (χ0v) is 13.1. The Morgan fingerprint density at radius 3 is 2.85 bits per heavy atom. The van der Waals surface area contributed by atoms with Crippen LogP contribution in [0.1, 0.15) is 42.3 Å². The summed E-state index contributed by atoms with van der Waals surface area (Å²) in [6.45, 7) is 2.27. The van der Waals surface area contributed by atoms with Gasteiger partial charge in [0.25, 0.3) is 5.91 Å². The van der Waals surface area contributed by atoms with E-state index in [-0.39, 0.29) is 12.5 Å². The molecule has 2 aromatic heterocycles. The molecular formula is C15H19NO2S2. The summed E-state index contributed by atoms with van der Waals surface area (Å²) in [5.41, 5.74) is -0.416. The third kappa shape index (κ3) is 2.62. The van der Waals surface area contributed by atoms with Crippen LogP contribution in [0.2, 0.25) is 0 Å². The highest BCUT2D eigenvalue weighted by atomic mass is 32.1. The third-order valence-electron chi connectivity index (χ3n) is 4.28. The number of hydrogen-bond acceptors (Lipinski definition) is 4. The number of rotatable bonds is 3. The van der Waals surface area contributed by atoms with Crippen molar-refractivity contribution in [2.75, 3.05) is 6.61 Å². The van der Waals surface area contributed by atoms with E-state index in [0.717, 1.165) is 40.0 Å². The molecular weight excluding hydrogens is 290 g/mol. The molecule has 1 fully saturated rings. The first-order chi connectivity index (χ1) is 9.62. The van der Waals surface area contributed by atoms with Crippen molar-refractivity contribution in [3.63, 3.8) is 0 Å². The summed E-state index contributed by atoms with van der Waals surface area (Å²) < 4.78 is 2.32. The van der Waals surface area contributed by atoms with E-state index in [4.69, 9.17) is 0 Å². The predicted octanol–water partition coefficient (Wildman–Crippen LogP) is 3.63. The van der Waals surface area contributed by atoms with Gasteiger partial charge in [0.05, 0.1) is 17.0 Å². The average Bonchev–Trinajstić information content (AvgIpc) is 3.02. The number of carbonyl (C=O) groups excluding carboxylic acids is 1. The van der Waals surface area contributed by atoms with E-state index in [1.165, 1.54) is 11.3 Å². The van der Waals surface area contributed by atoms with Gasteiger partial charge >= 0.3 is 0 Å². The van der Waals surface area contributed by atoms with Gasteiger partial charge in [-0.25, -0.2) is 0 Å². The maximum Gasteiger partial charge on any atom is 0.261 e. The molecule has 2 heterocycles. The minimum atomic E-state index is -0.416. The number of nitrogens with one attached hydrogen (secondary N) is 1. The topological polar surface area (TPSA) is 49.3 Å². The molecule has 2 N–H and O–H groups in total. The van der Waals surface area contributed by atoms with Crippen LogP contribution in [-0.4, -0.2) is 23.2 Å². The minimum Gasteiger partial charge on any atom is -0.394 e. The van der Waals surface area contributed by atoms with Gasteiger partial charge in [-0.05, 0) is 49.1 Å². The fourth-order valence-corrected chi connectivity index (χ4v) is 4.82. The van der Waals surface area contributed by atoms with Gasteiger partial charge < -0.3 is 10.4 Å². The monoisotopic (exact) mass is 309 g/mol. The first kappa shape index (κ1) is 14.0. The number of carbonyl (C=O) groups is 1. The van der Waals surface area contributed by atoms with Crippen molar-refractivity contribution < 1.29 is 9.90 Å². The number of amides is 1. The molecule has 0 atom stereocenters. The lowest BCUT2D eigenvalue weighted by molar-refractivity contribution is 0.0721. The van der Waals surface area contributed by atoms with Crippen molar-refractivity contribution >= 4 is 38.0 Å². The Kier molecular flexibility index (Phi) is 3.84. The lowest BCUT2D eigenvalue weighted by Gasteiger charge is -2.38. The standard InChI is InChI=1S/C15H19NO2S2/c1-10-2-5-15(9-17,6-3-10)16-14(18)13-8-12-11(20-13)4-7-19-12/h4,7-8,10,17H,2-3,5-6,9H2,1H3,(H,16,18). The van der Waals surface area contributed by atoms with Gasteiger partial charge in [0.15, 0.2) is 0 Å². The van der Waals surface area contributed by atoms with E-state index in [9.17, 15) is 9.90 Å². The lowest BCUT2D eigenvalue weighted by Crippen LogP contribution is -2.53. The van der Waals surface area contributed by atoms with E-state index in [1.807, 2.05) is 17.5 Å². The van der Waals surface area contributed by atoms with Crippen molar-refractivity contribution in [3.8, 4) is 0 Å². The summed E-state index contributed by atoms with van der Waals surface area (Å²) in [6.07, 6.45) is 3.88. The number of aliphatic hydroxyl groups is 1. The SMILES string of the molecule is CC1CCC(CO)(NC(=O)c2cc3sccc3s2)CC1. The molecule has 0 aromatic carbocycles. The maximum absolute atomic E-state index is 12.4. The Bertz CT molecular complexity index is 580. The molecule has 1 saturated carbocycles. The van der Waals surface area contributed by atoms with Gasteiger partial charge in [0.2, 0.25) is 0 Å². The first-order valence-corrected chi connectivity index (χ1v) is 8.72. The van der Waals surface area contributed by atoms with Crippen LogP contribution in [0.15, 0.2) is 17.5 Å². The number of hydrogen-bond donors (Lipinski definition) is 2. The van der Waals surface area contributed by atoms with Gasteiger partial charge in [-0.15, -0.1) is 22.7 Å². The zero-order chi connectivity index (χ0) is 14.2. The van der Waals surface area contributed by atoms with Crippen LogP contribution >= 0.6 is 22.7 Å². The van der Waals surface area contributed by atoms with Crippen LogP contribution in [0, 0.1) is 5.92 Å². The molecule has 1 amide bonds. The van der Waals surface area contributed by atoms with Gasteiger partial charge in [0, 0.05) is 9.40 Å². The van der Waals surface area contributed by atoms with E-state index in [2.05, 4.69) is 12.2 Å². The Hall–Kier alpha value is -0.910. The largest absolute Gasteiger partial charge is 0.394 e. The molecule has 0 saturated heterocycles. The molecule has 2 aromatic rings. The molecule has 0 spiro atoms. The molecule has 108 valence electrons. The summed E-state index contributed by atoms with van der Waals surface area (Å²) in [4.78, 5) is 13.2. The second-order valence-corrected chi connectivity index (χ2v) is 7.87. The zero-order valence-electron chi connectivity index (χ0n) is 11.5. The molecule has 0 radical (unpaired) electrons. The molecule has 3 rings (SSSR count). The molecule has 0 aliphatic heterocycles. The van der Waals surface area contributed by atoms with Crippen molar-refractivity contribution in [1.82, 2.24) is 5.32 Å². The van der Waals surface area contributed by atoms with Crippen LogP contribution in [0.4, 0.5) is 0 Å². The minimum absolute atomic E-state index is 0.0329. The normalized spacial score (nSPS) is 26.8. The smallest absolute Gasteiger partial charge is 0.261 e. The van der Waals surface area contributed by atoms with Gasteiger partial charge in [-0.2, -0.15) is 0 Å². The highest BCUT2D eigenvalue weighted by Gasteiger charge is 2.35. The van der Waals surface area contributed by atoms with E-state index < -0.39 is 5.54 Å². The molecule has 3 nitrogen and oxygen atoms in total. The van der Waals surface area contributed by atoms with E-state index >= 15 is 0 Å². The predicted molar refractivity (Wildman–Crippen MR) is 84.6 cm³/mol. The average molecular weight is 309 g/mol. The maximum atomic E-state index is 12.4. The van der Waals surface area contributed by atoms with Crippen LogP contribution < -0.4 is 5.32 Å². The summed E-state index contributed by atoms with van der Waals surface area (Å²) in [7, 11) is 0. The number of thiophene rings is 2. The summed E-state index contributed by atoms with van der Waals surface area (Å²) in [6, 6.07) is 4.00. The summed E-state index contributed by atoms with van der Waals surface area (Å²) in [5.74, 6) is 0.653. The molecule has 20 heavy (non-hydrogen) atoms. The molecule has 0 bridgehead atoms. The van der Waals surface area contributed by atoms with Crippen LogP contribution in [0.5, 0.6) is 0 Å². The van der Waals surface area contributed by atoms with Crippen molar-refractivity contribution in [2.45, 2.75) is 38.1 Å². The van der Waals surface area contributed by atoms with Gasteiger partial charge in [-0.1, -0.05) is 6.92 Å². The van der Waals surface area contributed by atoms with Crippen molar-refractivity contribution in [2.24, 2.45) is 5.92 Å². The third-order valence-corrected chi connectivity index (χ3v) is 6.37. The van der Waals surface area contributed by atoms with Gasteiger partial charge in [-0.3, -0.25) is 4.79 Å². The Morgan fingerprint density at radius 1 is 1.45 bits per heavy atom. The van der Waals surface area contributed by atoms with Crippen LogP contribution in [0.3, 0.4) is 0 Å². The summed E-state index contributed by atoms with van der Waals surface area (Å²) >= 11 is 3.18. The van der Waals surface area contributed by atoms with Gasteiger partial charge in [0.1, 0.15) is 0 Å². The summed E-state index contributed by atoms with van der Waals surface area (Å²) in [5, 5.41) is 14.9. The lowest BCUT2D eigenvalue weighted by atomic mass is 9.77. The van der Waals surface area contributed by atoms with Crippen molar-refractivity contribution in [3.05, 3.63) is 22.4 Å². The van der Waals surface area contributed by atoms with Crippen LogP contribution in [-0.2, 0) is 0 Å². The first-order valence-electron chi connectivity index (χ1n) is 7.02. The second-order valence-electron chi connectivity index (χ2n) is 5.83. The second kappa shape index (κ2) is 5.47. The highest BCUT2D eigenvalue weighted by molar-refractivity contribution is 7.27. The van der Waals surface area contributed by atoms with E-state index in [0.29, 0.717) is 5.92 Å². The number of aliphatic hydroxyl groups excluding tert-OH is 1. The Balaban J connectivity index is 1.75. The Morgan fingerprint density at radius 2 is 2.20 bits per heavy atom. The molecule has 0 unspecified atom stereocenters. The van der Waals surface area contributed by atoms with Crippen molar-refractivity contribution in [1.29, 1.82) is 0 Å². The fraction of sp³-hybridized carbons (Fsp3) is 0.533. The Labute approximate surface area is 126 Å².